The van der Waals surface area contributed by atoms with Crippen LogP contribution in [-0.2, 0) is 5.41 Å². The Labute approximate surface area is 185 Å². The fourth-order valence-corrected chi connectivity index (χ4v) is 6.83. The van der Waals surface area contributed by atoms with Crippen LogP contribution < -0.4 is 5.32 Å². The number of benzene rings is 2. The van der Waals surface area contributed by atoms with Crippen molar-refractivity contribution in [3.63, 3.8) is 0 Å². The van der Waals surface area contributed by atoms with Gasteiger partial charge in [-0.1, -0.05) is 42.5 Å². The third-order valence-corrected chi connectivity index (χ3v) is 8.53. The number of piperidine rings is 2. The van der Waals surface area contributed by atoms with Crippen molar-refractivity contribution < 1.29 is 0 Å². The fraction of sp³-hybridized carbons (Fsp3) is 0.519. The smallest absolute Gasteiger partial charge is 0.0960 e. The second-order valence-electron chi connectivity index (χ2n) is 10.0. The Balaban J connectivity index is 1.18. The number of rotatable bonds is 5. The van der Waals surface area contributed by atoms with E-state index in [0.29, 0.717) is 11.5 Å². The lowest BCUT2D eigenvalue weighted by Gasteiger charge is -2.44. The van der Waals surface area contributed by atoms with Crippen LogP contribution in [0.15, 0.2) is 60.9 Å². The molecule has 3 aliphatic heterocycles. The number of hydrogen-bond donors (Lipinski definition) is 1. The van der Waals surface area contributed by atoms with E-state index in [1.54, 1.807) is 5.56 Å². The van der Waals surface area contributed by atoms with Crippen LogP contribution in [0.3, 0.4) is 0 Å². The fourth-order valence-electron chi connectivity index (χ4n) is 6.83. The Morgan fingerprint density at radius 1 is 0.871 bits per heavy atom. The number of nitrogens with zero attached hydrogens (tertiary/aromatic N) is 3. The van der Waals surface area contributed by atoms with Crippen molar-refractivity contribution in [1.29, 1.82) is 0 Å². The number of aromatic nitrogens is 2. The molecule has 3 fully saturated rings. The van der Waals surface area contributed by atoms with E-state index in [1.165, 1.54) is 57.0 Å². The molecule has 0 amide bonds. The molecular formula is C27H34N4. The Morgan fingerprint density at radius 3 is 2.35 bits per heavy atom. The minimum atomic E-state index is 0.351. The van der Waals surface area contributed by atoms with Gasteiger partial charge in [-0.3, -0.25) is 4.90 Å². The zero-order chi connectivity index (χ0) is 20.7. The summed E-state index contributed by atoms with van der Waals surface area (Å²) >= 11 is 0. The summed E-state index contributed by atoms with van der Waals surface area (Å²) in [5, 5.41) is 3.59. The Morgan fingerprint density at radius 2 is 1.58 bits per heavy atom. The highest BCUT2D eigenvalue weighted by Gasteiger charge is 2.43. The minimum absolute atomic E-state index is 0.351. The predicted molar refractivity (Wildman–Crippen MR) is 126 cm³/mol. The average molecular weight is 415 g/mol. The molecule has 3 aromatic rings. The summed E-state index contributed by atoms with van der Waals surface area (Å²) in [6.07, 6.45) is 11.2. The molecule has 6 rings (SSSR count). The molecule has 0 saturated carbocycles. The maximum Gasteiger partial charge on any atom is 0.0960 e. The third kappa shape index (κ3) is 3.50. The van der Waals surface area contributed by atoms with Gasteiger partial charge in [-0.25, -0.2) is 4.98 Å². The summed E-state index contributed by atoms with van der Waals surface area (Å²) < 4.78 is 2.47. The maximum atomic E-state index is 4.67. The van der Waals surface area contributed by atoms with Gasteiger partial charge < -0.3 is 9.88 Å². The van der Waals surface area contributed by atoms with Gasteiger partial charge in [0, 0.05) is 18.1 Å². The number of nitrogens with one attached hydrogen (secondary N) is 1. The van der Waals surface area contributed by atoms with E-state index >= 15 is 0 Å². The van der Waals surface area contributed by atoms with Crippen molar-refractivity contribution in [3.8, 4) is 0 Å². The molecule has 0 spiro atoms. The van der Waals surface area contributed by atoms with Gasteiger partial charge in [-0.2, -0.15) is 0 Å². The highest BCUT2D eigenvalue weighted by molar-refractivity contribution is 5.75. The highest BCUT2D eigenvalue weighted by atomic mass is 15.2. The largest absolute Gasteiger partial charge is 0.327 e. The number of fused-ring (bicyclic) bond motifs is 3. The maximum absolute atomic E-state index is 4.67. The minimum Gasteiger partial charge on any atom is -0.327 e. The van der Waals surface area contributed by atoms with Crippen LogP contribution in [0.2, 0.25) is 0 Å². The molecule has 4 heteroatoms. The van der Waals surface area contributed by atoms with Crippen LogP contribution in [-0.4, -0.2) is 46.2 Å². The van der Waals surface area contributed by atoms with E-state index < -0.39 is 0 Å². The van der Waals surface area contributed by atoms with E-state index in [4.69, 9.17) is 0 Å². The van der Waals surface area contributed by atoms with Gasteiger partial charge in [0.15, 0.2) is 0 Å². The standard InChI is InChI=1S/C27H34N4/c1-2-6-21(7-3-1)27(12-15-28-16-13-27)14-17-30-22-10-11-23(30)19-24(18-22)31-20-29-25-8-4-5-9-26(25)31/h1-9,20,22-24,28H,10-19H2/t22-,23+,24?. The number of hydrogen-bond acceptors (Lipinski definition) is 3. The molecule has 4 heterocycles. The molecule has 3 aliphatic rings. The van der Waals surface area contributed by atoms with E-state index in [-0.39, 0.29) is 0 Å². The first-order chi connectivity index (χ1) is 15.3. The normalized spacial score (nSPS) is 28.2. The quantitative estimate of drug-likeness (QED) is 0.644. The molecule has 1 aromatic heterocycles. The van der Waals surface area contributed by atoms with Gasteiger partial charge in [0.05, 0.1) is 17.4 Å². The Kier molecular flexibility index (Phi) is 5.08. The number of para-hydroxylation sites is 2. The molecule has 0 aliphatic carbocycles. The van der Waals surface area contributed by atoms with Crippen LogP contribution in [0.1, 0.15) is 56.6 Å². The van der Waals surface area contributed by atoms with Crippen molar-refractivity contribution in [2.24, 2.45) is 0 Å². The summed E-state index contributed by atoms with van der Waals surface area (Å²) in [7, 11) is 0. The van der Waals surface area contributed by atoms with Gasteiger partial charge >= 0.3 is 0 Å². The first kappa shape index (κ1) is 19.5. The first-order valence-electron chi connectivity index (χ1n) is 12.3. The van der Waals surface area contributed by atoms with Crippen molar-refractivity contribution in [1.82, 2.24) is 19.8 Å². The van der Waals surface area contributed by atoms with Gasteiger partial charge in [-0.05, 0) is 87.7 Å². The molecule has 2 aromatic carbocycles. The summed E-state index contributed by atoms with van der Waals surface area (Å²) in [6, 6.07) is 22.0. The second kappa shape index (κ2) is 8.07. The molecule has 3 saturated heterocycles. The monoisotopic (exact) mass is 414 g/mol. The van der Waals surface area contributed by atoms with Crippen molar-refractivity contribution in [2.45, 2.75) is 68.5 Å². The van der Waals surface area contributed by atoms with Crippen molar-refractivity contribution in [2.75, 3.05) is 19.6 Å². The average Bonchev–Trinajstić information content (AvgIpc) is 3.36. The van der Waals surface area contributed by atoms with Crippen LogP contribution in [0, 0.1) is 0 Å². The van der Waals surface area contributed by atoms with Crippen molar-refractivity contribution >= 4 is 11.0 Å². The Hall–Kier alpha value is -2.17. The molecule has 4 nitrogen and oxygen atoms in total. The molecule has 162 valence electrons. The van der Waals surface area contributed by atoms with Gasteiger partial charge in [0.2, 0.25) is 0 Å². The topological polar surface area (TPSA) is 33.1 Å². The molecule has 3 atom stereocenters. The van der Waals surface area contributed by atoms with E-state index in [2.05, 4.69) is 80.7 Å². The Bertz CT molecular complexity index is 1010. The van der Waals surface area contributed by atoms with Gasteiger partial charge in [-0.15, -0.1) is 0 Å². The SMILES string of the molecule is c1ccc(C2(CCN3[C@@H]4CC[C@H]3CC(n3cnc5ccccc53)C4)CCNCC2)cc1. The van der Waals surface area contributed by atoms with Gasteiger partial charge in [0.1, 0.15) is 0 Å². The molecule has 1 N–H and O–H groups in total. The lowest BCUT2D eigenvalue weighted by Crippen LogP contribution is -2.47. The lowest BCUT2D eigenvalue weighted by atomic mass is 9.70. The second-order valence-corrected chi connectivity index (χ2v) is 10.0. The molecule has 0 radical (unpaired) electrons. The first-order valence-corrected chi connectivity index (χ1v) is 12.3. The van der Waals surface area contributed by atoms with E-state index in [9.17, 15) is 0 Å². The lowest BCUT2D eigenvalue weighted by molar-refractivity contribution is 0.0934. The number of imidazole rings is 1. The summed E-state index contributed by atoms with van der Waals surface area (Å²) in [4.78, 5) is 7.56. The summed E-state index contributed by atoms with van der Waals surface area (Å²) in [5.41, 5.74) is 4.35. The van der Waals surface area contributed by atoms with Crippen LogP contribution in [0.25, 0.3) is 11.0 Å². The third-order valence-electron chi connectivity index (χ3n) is 8.53. The van der Waals surface area contributed by atoms with E-state index in [1.807, 2.05) is 0 Å². The predicted octanol–water partition coefficient (Wildman–Crippen LogP) is 4.92. The molecular weight excluding hydrogens is 380 g/mol. The van der Waals surface area contributed by atoms with Crippen LogP contribution in [0.4, 0.5) is 0 Å². The molecule has 1 unspecified atom stereocenters. The van der Waals surface area contributed by atoms with Gasteiger partial charge in [0.25, 0.3) is 0 Å². The van der Waals surface area contributed by atoms with Crippen LogP contribution in [0.5, 0.6) is 0 Å². The molecule has 2 bridgehead atoms. The van der Waals surface area contributed by atoms with Crippen LogP contribution >= 0.6 is 0 Å². The van der Waals surface area contributed by atoms with Crippen molar-refractivity contribution in [3.05, 3.63) is 66.5 Å². The zero-order valence-corrected chi connectivity index (χ0v) is 18.4. The highest BCUT2D eigenvalue weighted by Crippen LogP contribution is 2.44. The summed E-state index contributed by atoms with van der Waals surface area (Å²) in [6.45, 7) is 3.55. The summed E-state index contributed by atoms with van der Waals surface area (Å²) in [5.74, 6) is 0. The molecule has 31 heavy (non-hydrogen) atoms. The van der Waals surface area contributed by atoms with E-state index in [0.717, 1.165) is 30.7 Å². The zero-order valence-electron chi connectivity index (χ0n) is 18.4.